The van der Waals surface area contributed by atoms with Gasteiger partial charge in [0.15, 0.2) is 0 Å². The minimum atomic E-state index is -0.240. The highest BCUT2D eigenvalue weighted by Gasteiger charge is 2.14. The summed E-state index contributed by atoms with van der Waals surface area (Å²) in [7, 11) is 0. The molecule has 6 heteroatoms. The molecule has 110 valence electrons. The van der Waals surface area contributed by atoms with Crippen molar-refractivity contribution in [2.45, 2.75) is 19.4 Å². The number of aromatic nitrogens is 2. The third-order valence-electron chi connectivity index (χ3n) is 3.55. The van der Waals surface area contributed by atoms with Gasteiger partial charge in [-0.25, -0.2) is 14.4 Å². The van der Waals surface area contributed by atoms with Crippen molar-refractivity contribution in [3.63, 3.8) is 0 Å². The Kier molecular flexibility index (Phi) is 4.34. The topological polar surface area (TPSA) is 41.0 Å². The maximum absolute atomic E-state index is 13.3. The highest BCUT2D eigenvalue weighted by Crippen LogP contribution is 2.21. The van der Waals surface area contributed by atoms with Crippen molar-refractivity contribution in [1.82, 2.24) is 9.97 Å². The molecular formula is C15H16BrFN4. The lowest BCUT2D eigenvalue weighted by Crippen LogP contribution is -2.19. The van der Waals surface area contributed by atoms with Gasteiger partial charge in [-0.05, 0) is 36.6 Å². The minimum absolute atomic E-state index is 0.240. The van der Waals surface area contributed by atoms with Crippen molar-refractivity contribution in [2.75, 3.05) is 23.3 Å². The molecule has 4 nitrogen and oxygen atoms in total. The molecule has 0 amide bonds. The number of nitrogens with one attached hydrogen (secondary N) is 1. The van der Waals surface area contributed by atoms with E-state index in [1.165, 1.54) is 25.0 Å². The second kappa shape index (κ2) is 6.39. The first-order valence-electron chi connectivity index (χ1n) is 6.97. The number of rotatable bonds is 4. The third kappa shape index (κ3) is 3.50. The lowest BCUT2D eigenvalue weighted by Gasteiger charge is -2.16. The third-order valence-corrected chi connectivity index (χ3v) is 4.32. The Morgan fingerprint density at radius 3 is 2.81 bits per heavy atom. The summed E-state index contributed by atoms with van der Waals surface area (Å²) in [5.41, 5.74) is 0.858. The van der Waals surface area contributed by atoms with Gasteiger partial charge < -0.3 is 10.2 Å². The fraction of sp³-hybridized carbons (Fsp3) is 0.333. The molecule has 0 unspecified atom stereocenters. The summed E-state index contributed by atoms with van der Waals surface area (Å²) in [5, 5.41) is 3.22. The molecule has 1 aliphatic heterocycles. The SMILES string of the molecule is Fc1ccc(Br)c(CNc2cc(N3CCCC3)ncn2)c1. The van der Waals surface area contributed by atoms with Gasteiger partial charge in [0.25, 0.3) is 0 Å². The lowest BCUT2D eigenvalue weighted by molar-refractivity contribution is 0.625. The van der Waals surface area contributed by atoms with Gasteiger partial charge >= 0.3 is 0 Å². The van der Waals surface area contributed by atoms with Gasteiger partial charge in [-0.3, -0.25) is 0 Å². The molecule has 0 saturated carbocycles. The van der Waals surface area contributed by atoms with Crippen LogP contribution in [0, 0.1) is 5.82 Å². The molecule has 0 radical (unpaired) electrons. The number of anilines is 2. The molecule has 3 rings (SSSR count). The molecule has 0 spiro atoms. The number of hydrogen-bond acceptors (Lipinski definition) is 4. The molecular weight excluding hydrogens is 335 g/mol. The Bertz CT molecular complexity index is 629. The first-order chi connectivity index (χ1) is 10.2. The van der Waals surface area contributed by atoms with E-state index >= 15 is 0 Å². The molecule has 0 aliphatic carbocycles. The molecule has 1 aromatic heterocycles. The van der Waals surface area contributed by atoms with Crippen LogP contribution in [-0.4, -0.2) is 23.1 Å². The van der Waals surface area contributed by atoms with E-state index < -0.39 is 0 Å². The van der Waals surface area contributed by atoms with Gasteiger partial charge in [0.1, 0.15) is 23.8 Å². The van der Waals surface area contributed by atoms with Crippen LogP contribution in [0.5, 0.6) is 0 Å². The van der Waals surface area contributed by atoms with E-state index in [-0.39, 0.29) is 5.82 Å². The van der Waals surface area contributed by atoms with E-state index in [2.05, 4.69) is 36.1 Å². The van der Waals surface area contributed by atoms with Gasteiger partial charge in [-0.1, -0.05) is 15.9 Å². The van der Waals surface area contributed by atoms with Gasteiger partial charge in [-0.2, -0.15) is 0 Å². The van der Waals surface area contributed by atoms with Crippen LogP contribution in [0.25, 0.3) is 0 Å². The van der Waals surface area contributed by atoms with Crippen LogP contribution in [0.1, 0.15) is 18.4 Å². The van der Waals surface area contributed by atoms with E-state index in [9.17, 15) is 4.39 Å². The van der Waals surface area contributed by atoms with Crippen LogP contribution in [-0.2, 0) is 6.54 Å². The lowest BCUT2D eigenvalue weighted by atomic mass is 10.2. The molecule has 2 aromatic rings. The summed E-state index contributed by atoms with van der Waals surface area (Å²) in [6.45, 7) is 2.60. The van der Waals surface area contributed by atoms with E-state index in [1.54, 1.807) is 12.4 Å². The average molecular weight is 351 g/mol. The molecule has 0 atom stereocenters. The quantitative estimate of drug-likeness (QED) is 0.914. The van der Waals surface area contributed by atoms with Crippen molar-refractivity contribution < 1.29 is 4.39 Å². The average Bonchev–Trinajstić information content (AvgIpc) is 3.03. The van der Waals surface area contributed by atoms with Crippen molar-refractivity contribution in [3.05, 3.63) is 46.4 Å². The van der Waals surface area contributed by atoms with Gasteiger partial charge in [0, 0.05) is 30.2 Å². The number of benzene rings is 1. The molecule has 1 fully saturated rings. The van der Waals surface area contributed by atoms with Crippen LogP contribution < -0.4 is 10.2 Å². The van der Waals surface area contributed by atoms with Crippen molar-refractivity contribution in [3.8, 4) is 0 Å². The van der Waals surface area contributed by atoms with Crippen LogP contribution in [0.3, 0.4) is 0 Å². The molecule has 1 saturated heterocycles. The fourth-order valence-corrected chi connectivity index (χ4v) is 2.81. The normalized spacial score (nSPS) is 14.5. The molecule has 1 aliphatic rings. The minimum Gasteiger partial charge on any atom is -0.366 e. The predicted octanol–water partition coefficient (Wildman–Crippen LogP) is 3.59. The van der Waals surface area contributed by atoms with E-state index in [4.69, 9.17) is 0 Å². The fourth-order valence-electron chi connectivity index (χ4n) is 2.43. The van der Waals surface area contributed by atoms with E-state index in [1.807, 2.05) is 6.07 Å². The molecule has 1 N–H and O–H groups in total. The Hall–Kier alpha value is -1.69. The standard InChI is InChI=1S/C15H16BrFN4/c16-13-4-3-12(17)7-11(13)9-18-14-8-15(20-10-19-14)21-5-1-2-6-21/h3-4,7-8,10H,1-2,5-6,9H2,(H,18,19,20). The Labute approximate surface area is 131 Å². The zero-order valence-electron chi connectivity index (χ0n) is 11.5. The monoisotopic (exact) mass is 350 g/mol. The second-order valence-electron chi connectivity index (χ2n) is 5.04. The number of halogens is 2. The zero-order chi connectivity index (χ0) is 14.7. The summed E-state index contributed by atoms with van der Waals surface area (Å²) in [4.78, 5) is 10.8. The highest BCUT2D eigenvalue weighted by atomic mass is 79.9. The maximum Gasteiger partial charge on any atom is 0.134 e. The highest BCUT2D eigenvalue weighted by molar-refractivity contribution is 9.10. The smallest absolute Gasteiger partial charge is 0.134 e. The first-order valence-corrected chi connectivity index (χ1v) is 7.76. The van der Waals surface area contributed by atoms with Crippen LogP contribution in [0.4, 0.5) is 16.0 Å². The van der Waals surface area contributed by atoms with Crippen LogP contribution in [0.2, 0.25) is 0 Å². The Morgan fingerprint density at radius 1 is 1.19 bits per heavy atom. The van der Waals surface area contributed by atoms with E-state index in [0.717, 1.165) is 34.8 Å². The summed E-state index contributed by atoms with van der Waals surface area (Å²) < 4.78 is 14.1. The number of hydrogen-bond donors (Lipinski definition) is 1. The summed E-state index contributed by atoms with van der Waals surface area (Å²) in [5.74, 6) is 1.46. The Morgan fingerprint density at radius 2 is 2.00 bits per heavy atom. The molecule has 1 aromatic carbocycles. The summed E-state index contributed by atoms with van der Waals surface area (Å²) >= 11 is 3.42. The van der Waals surface area contributed by atoms with Crippen molar-refractivity contribution in [2.24, 2.45) is 0 Å². The van der Waals surface area contributed by atoms with Gasteiger partial charge in [-0.15, -0.1) is 0 Å². The first kappa shape index (κ1) is 14.3. The largest absolute Gasteiger partial charge is 0.366 e. The summed E-state index contributed by atoms with van der Waals surface area (Å²) in [6.07, 6.45) is 3.99. The number of nitrogens with zero attached hydrogens (tertiary/aromatic N) is 3. The van der Waals surface area contributed by atoms with Gasteiger partial charge in [0.05, 0.1) is 0 Å². The maximum atomic E-state index is 13.3. The predicted molar refractivity (Wildman–Crippen MR) is 84.9 cm³/mol. The van der Waals surface area contributed by atoms with E-state index in [0.29, 0.717) is 6.54 Å². The molecule has 2 heterocycles. The van der Waals surface area contributed by atoms with Crippen LogP contribution >= 0.6 is 15.9 Å². The summed E-state index contributed by atoms with van der Waals surface area (Å²) in [6, 6.07) is 6.60. The van der Waals surface area contributed by atoms with Crippen molar-refractivity contribution in [1.29, 1.82) is 0 Å². The molecule has 0 bridgehead atoms. The second-order valence-corrected chi connectivity index (χ2v) is 5.90. The zero-order valence-corrected chi connectivity index (χ0v) is 13.1. The molecule has 21 heavy (non-hydrogen) atoms. The Balaban J connectivity index is 1.70. The van der Waals surface area contributed by atoms with Crippen LogP contribution in [0.15, 0.2) is 35.1 Å². The van der Waals surface area contributed by atoms with Crippen molar-refractivity contribution >= 4 is 27.6 Å². The van der Waals surface area contributed by atoms with Gasteiger partial charge in [0.2, 0.25) is 0 Å².